The van der Waals surface area contributed by atoms with Crippen molar-refractivity contribution < 1.29 is 0 Å². The van der Waals surface area contributed by atoms with E-state index in [-0.39, 0.29) is 0 Å². The molecule has 0 aromatic carbocycles. The first-order valence-corrected chi connectivity index (χ1v) is 6.23. The zero-order valence-corrected chi connectivity index (χ0v) is 9.95. The molecule has 1 fully saturated rings. The van der Waals surface area contributed by atoms with Gasteiger partial charge in [0, 0.05) is 12.1 Å². The summed E-state index contributed by atoms with van der Waals surface area (Å²) in [7, 11) is 0. The zero-order valence-electron chi connectivity index (χ0n) is 9.19. The van der Waals surface area contributed by atoms with Crippen LogP contribution in [-0.4, -0.2) is 13.1 Å². The highest BCUT2D eigenvalue weighted by Crippen LogP contribution is 2.25. The highest BCUT2D eigenvalue weighted by molar-refractivity contribution is 6.25. The second kappa shape index (κ2) is 7.30. The molecule has 2 heteroatoms. The fraction of sp³-hybridized carbons (Fsp3) is 0.833. The van der Waals surface area contributed by atoms with Crippen LogP contribution in [0.5, 0.6) is 0 Å². The number of halogens is 1. The van der Waals surface area contributed by atoms with E-state index >= 15 is 0 Å². The fourth-order valence-corrected chi connectivity index (χ4v) is 2.18. The Labute approximate surface area is 92.9 Å². The lowest BCUT2D eigenvalue weighted by atomic mass is 9.87. The lowest BCUT2D eigenvalue weighted by Gasteiger charge is -2.21. The van der Waals surface area contributed by atoms with E-state index in [0.29, 0.717) is 0 Å². The second-order valence-electron chi connectivity index (χ2n) is 4.42. The average molecular weight is 216 g/mol. The van der Waals surface area contributed by atoms with Gasteiger partial charge in [0.05, 0.1) is 0 Å². The summed E-state index contributed by atoms with van der Waals surface area (Å²) in [5, 5.41) is 3.43. The molecule has 0 aromatic rings. The summed E-state index contributed by atoms with van der Waals surface area (Å²) in [5.74, 6) is 0.983. The molecule has 0 atom stereocenters. The third kappa shape index (κ3) is 5.02. The minimum absolute atomic E-state index is 0.941. The van der Waals surface area contributed by atoms with Crippen LogP contribution in [0.4, 0.5) is 0 Å². The molecule has 0 unspecified atom stereocenters. The second-order valence-corrected chi connectivity index (χ2v) is 4.64. The van der Waals surface area contributed by atoms with Crippen LogP contribution in [0.15, 0.2) is 11.1 Å². The van der Waals surface area contributed by atoms with E-state index in [1.165, 1.54) is 44.1 Å². The molecule has 82 valence electrons. The smallest absolute Gasteiger partial charge is 0.0173 e. The van der Waals surface area contributed by atoms with Gasteiger partial charge in [-0.25, -0.2) is 0 Å². The Kier molecular flexibility index (Phi) is 6.29. The molecule has 1 saturated carbocycles. The average Bonchev–Trinajstić information content (AvgIpc) is 2.25. The molecule has 0 bridgehead atoms. The van der Waals surface area contributed by atoms with Crippen LogP contribution in [-0.2, 0) is 0 Å². The summed E-state index contributed by atoms with van der Waals surface area (Å²) in [6.45, 7) is 4.14. The molecule has 0 aliphatic heterocycles. The highest BCUT2D eigenvalue weighted by atomic mass is 35.5. The summed E-state index contributed by atoms with van der Waals surface area (Å²) >= 11 is 5.58. The molecule has 0 saturated heterocycles. The minimum atomic E-state index is 0.941. The van der Waals surface area contributed by atoms with Gasteiger partial charge in [0.15, 0.2) is 0 Å². The Morgan fingerprint density at radius 2 is 2.07 bits per heavy atom. The summed E-state index contributed by atoms with van der Waals surface area (Å²) in [6.07, 6.45) is 8.60. The Morgan fingerprint density at radius 1 is 1.36 bits per heavy atom. The number of hydrogen-bond donors (Lipinski definition) is 1. The highest BCUT2D eigenvalue weighted by Gasteiger charge is 2.12. The van der Waals surface area contributed by atoms with Gasteiger partial charge in [-0.2, -0.15) is 0 Å². The molecule has 1 nitrogen and oxygen atoms in total. The van der Waals surface area contributed by atoms with Crippen molar-refractivity contribution in [2.24, 2.45) is 5.92 Å². The molecular weight excluding hydrogens is 194 g/mol. The SMILES string of the molecule is CC(=CCl)CNCCC1CCCCC1. The molecule has 0 aromatic heterocycles. The first-order chi connectivity index (χ1) is 6.83. The van der Waals surface area contributed by atoms with E-state index in [9.17, 15) is 0 Å². The Hall–Kier alpha value is -0.0100. The van der Waals surface area contributed by atoms with Gasteiger partial charge in [-0.3, -0.25) is 0 Å². The van der Waals surface area contributed by atoms with Gasteiger partial charge in [-0.05, 0) is 31.4 Å². The maximum absolute atomic E-state index is 5.58. The summed E-state index contributed by atoms with van der Waals surface area (Å²) < 4.78 is 0. The largest absolute Gasteiger partial charge is 0.313 e. The van der Waals surface area contributed by atoms with E-state index in [2.05, 4.69) is 12.2 Å². The van der Waals surface area contributed by atoms with Gasteiger partial charge >= 0.3 is 0 Å². The molecule has 0 radical (unpaired) electrons. The van der Waals surface area contributed by atoms with E-state index < -0.39 is 0 Å². The topological polar surface area (TPSA) is 12.0 Å². The lowest BCUT2D eigenvalue weighted by molar-refractivity contribution is 0.335. The van der Waals surface area contributed by atoms with Gasteiger partial charge in [0.2, 0.25) is 0 Å². The zero-order chi connectivity index (χ0) is 10.2. The molecule has 0 amide bonds. The van der Waals surface area contributed by atoms with Crippen LogP contribution in [0.25, 0.3) is 0 Å². The van der Waals surface area contributed by atoms with Crippen molar-refractivity contribution in [1.82, 2.24) is 5.32 Å². The minimum Gasteiger partial charge on any atom is -0.313 e. The van der Waals surface area contributed by atoms with Crippen LogP contribution in [0.2, 0.25) is 0 Å². The summed E-state index contributed by atoms with van der Waals surface area (Å²) in [4.78, 5) is 0. The van der Waals surface area contributed by atoms with Crippen molar-refractivity contribution in [3.8, 4) is 0 Å². The number of rotatable bonds is 5. The Balaban J connectivity index is 1.97. The predicted octanol–water partition coefficient (Wildman–Crippen LogP) is 3.69. The van der Waals surface area contributed by atoms with Crippen LogP contribution in [0.3, 0.4) is 0 Å². The molecule has 0 heterocycles. The van der Waals surface area contributed by atoms with Crippen molar-refractivity contribution in [2.45, 2.75) is 45.4 Å². The number of hydrogen-bond acceptors (Lipinski definition) is 1. The van der Waals surface area contributed by atoms with Gasteiger partial charge in [0.1, 0.15) is 0 Å². The van der Waals surface area contributed by atoms with E-state index in [0.717, 1.165) is 19.0 Å². The van der Waals surface area contributed by atoms with Crippen molar-refractivity contribution in [1.29, 1.82) is 0 Å². The molecular formula is C12H22ClN. The van der Waals surface area contributed by atoms with Crippen molar-refractivity contribution in [3.05, 3.63) is 11.1 Å². The van der Waals surface area contributed by atoms with Crippen LogP contribution in [0.1, 0.15) is 45.4 Å². The maximum Gasteiger partial charge on any atom is 0.0173 e. The van der Waals surface area contributed by atoms with E-state index in [1.807, 2.05) is 0 Å². The van der Waals surface area contributed by atoms with Crippen molar-refractivity contribution in [3.63, 3.8) is 0 Å². The Morgan fingerprint density at radius 3 is 2.71 bits per heavy atom. The molecule has 1 aliphatic rings. The number of nitrogens with one attached hydrogen (secondary N) is 1. The summed E-state index contributed by atoms with van der Waals surface area (Å²) in [5.41, 5.74) is 2.88. The Bertz CT molecular complexity index is 171. The first-order valence-electron chi connectivity index (χ1n) is 5.79. The fourth-order valence-electron chi connectivity index (χ4n) is 2.11. The molecule has 14 heavy (non-hydrogen) atoms. The van der Waals surface area contributed by atoms with Gasteiger partial charge < -0.3 is 5.32 Å². The quantitative estimate of drug-likeness (QED) is 0.690. The normalized spacial score (nSPS) is 20.0. The summed E-state index contributed by atoms with van der Waals surface area (Å²) in [6, 6.07) is 0. The third-order valence-electron chi connectivity index (χ3n) is 3.04. The standard InChI is InChI=1S/C12H22ClN/c1-11(9-13)10-14-8-7-12-5-3-2-4-6-12/h9,12,14H,2-8,10H2,1H3. The molecule has 1 N–H and O–H groups in total. The van der Waals surface area contributed by atoms with Gasteiger partial charge in [0.25, 0.3) is 0 Å². The van der Waals surface area contributed by atoms with Crippen LogP contribution >= 0.6 is 11.6 Å². The first kappa shape index (κ1) is 12.1. The molecule has 1 aliphatic carbocycles. The molecule has 1 rings (SSSR count). The van der Waals surface area contributed by atoms with Crippen molar-refractivity contribution in [2.75, 3.05) is 13.1 Å². The van der Waals surface area contributed by atoms with Crippen LogP contribution in [0, 0.1) is 5.92 Å². The third-order valence-corrected chi connectivity index (χ3v) is 3.42. The maximum atomic E-state index is 5.58. The predicted molar refractivity (Wildman–Crippen MR) is 63.7 cm³/mol. The van der Waals surface area contributed by atoms with Crippen LogP contribution < -0.4 is 5.32 Å². The van der Waals surface area contributed by atoms with Gasteiger partial charge in [-0.15, -0.1) is 0 Å². The van der Waals surface area contributed by atoms with E-state index in [1.54, 1.807) is 5.54 Å². The van der Waals surface area contributed by atoms with E-state index in [4.69, 9.17) is 11.6 Å². The molecule has 0 spiro atoms. The van der Waals surface area contributed by atoms with Gasteiger partial charge in [-0.1, -0.05) is 43.7 Å². The van der Waals surface area contributed by atoms with Crippen molar-refractivity contribution >= 4 is 11.6 Å². The lowest BCUT2D eigenvalue weighted by Crippen LogP contribution is -2.20. The monoisotopic (exact) mass is 215 g/mol.